The molecular weight excluding hydrogens is 310 g/mol. The summed E-state index contributed by atoms with van der Waals surface area (Å²) >= 11 is 0. The first kappa shape index (κ1) is 19.2. The molecule has 3 heteroatoms. The molecule has 1 amide bonds. The molecule has 0 aliphatic heterocycles. The molecule has 0 bridgehead atoms. The van der Waals surface area contributed by atoms with Crippen LogP contribution >= 0.6 is 0 Å². The monoisotopic (exact) mass is 339 g/mol. The molecule has 1 atom stereocenters. The van der Waals surface area contributed by atoms with Crippen molar-refractivity contribution in [2.45, 2.75) is 52.9 Å². The topological polar surface area (TPSA) is 38.3 Å². The Labute approximate surface area is 151 Å². The van der Waals surface area contributed by atoms with Crippen molar-refractivity contribution in [1.82, 2.24) is 5.32 Å². The standard InChI is InChI=1S/C22H29NO2/c1-3-8-18(2)13-22(24)23-15-20-11-7-12-21(14-20)17-25-16-19-9-5-4-6-10-19/h4-7,9-12,14,18H,3,8,13,15-17H2,1-2H3,(H,23,24). The van der Waals surface area contributed by atoms with Gasteiger partial charge in [-0.15, -0.1) is 0 Å². The van der Waals surface area contributed by atoms with Crippen LogP contribution in [0.15, 0.2) is 54.6 Å². The fourth-order valence-corrected chi connectivity index (χ4v) is 2.87. The van der Waals surface area contributed by atoms with Gasteiger partial charge in [0, 0.05) is 13.0 Å². The van der Waals surface area contributed by atoms with Crippen molar-refractivity contribution in [1.29, 1.82) is 0 Å². The molecule has 0 spiro atoms. The van der Waals surface area contributed by atoms with Gasteiger partial charge in [0.1, 0.15) is 0 Å². The van der Waals surface area contributed by atoms with Crippen LogP contribution < -0.4 is 5.32 Å². The number of hydrogen-bond acceptors (Lipinski definition) is 2. The van der Waals surface area contributed by atoms with E-state index in [0.29, 0.717) is 32.1 Å². The van der Waals surface area contributed by atoms with Gasteiger partial charge in [-0.2, -0.15) is 0 Å². The molecule has 0 aliphatic carbocycles. The molecular formula is C22H29NO2. The lowest BCUT2D eigenvalue weighted by atomic mass is 10.0. The molecule has 2 aromatic carbocycles. The zero-order chi connectivity index (χ0) is 17.9. The Kier molecular flexibility index (Phi) is 8.20. The zero-order valence-corrected chi connectivity index (χ0v) is 15.3. The first-order valence-electron chi connectivity index (χ1n) is 9.13. The molecule has 1 unspecified atom stereocenters. The highest BCUT2D eigenvalue weighted by atomic mass is 16.5. The third kappa shape index (κ3) is 7.53. The van der Waals surface area contributed by atoms with Crippen LogP contribution in [0.25, 0.3) is 0 Å². The van der Waals surface area contributed by atoms with Crippen molar-refractivity contribution < 1.29 is 9.53 Å². The van der Waals surface area contributed by atoms with Gasteiger partial charge in [0.05, 0.1) is 13.2 Å². The molecule has 0 saturated carbocycles. The van der Waals surface area contributed by atoms with Gasteiger partial charge < -0.3 is 10.1 Å². The second-order valence-corrected chi connectivity index (χ2v) is 6.67. The van der Waals surface area contributed by atoms with Gasteiger partial charge in [0.25, 0.3) is 0 Å². The van der Waals surface area contributed by atoms with Crippen molar-refractivity contribution in [2.75, 3.05) is 0 Å². The van der Waals surface area contributed by atoms with Crippen LogP contribution in [0.4, 0.5) is 0 Å². The van der Waals surface area contributed by atoms with E-state index in [0.717, 1.165) is 24.0 Å². The van der Waals surface area contributed by atoms with E-state index in [1.165, 1.54) is 5.56 Å². The van der Waals surface area contributed by atoms with Crippen LogP contribution in [-0.2, 0) is 29.3 Å². The van der Waals surface area contributed by atoms with Crippen molar-refractivity contribution in [3.63, 3.8) is 0 Å². The number of carbonyl (C=O) groups is 1. The molecule has 134 valence electrons. The van der Waals surface area contributed by atoms with E-state index in [1.54, 1.807) is 0 Å². The molecule has 2 aromatic rings. The van der Waals surface area contributed by atoms with Gasteiger partial charge in [-0.25, -0.2) is 0 Å². The molecule has 0 aromatic heterocycles. The summed E-state index contributed by atoms with van der Waals surface area (Å²) in [4.78, 5) is 12.0. The molecule has 0 fully saturated rings. The van der Waals surface area contributed by atoms with Gasteiger partial charge in [-0.1, -0.05) is 81.3 Å². The lowest BCUT2D eigenvalue weighted by Crippen LogP contribution is -2.24. The van der Waals surface area contributed by atoms with Crippen LogP contribution in [0.3, 0.4) is 0 Å². The van der Waals surface area contributed by atoms with Gasteiger partial charge in [0.2, 0.25) is 5.91 Å². The van der Waals surface area contributed by atoms with Crippen LogP contribution in [0, 0.1) is 5.92 Å². The Bertz CT molecular complexity index is 639. The summed E-state index contributed by atoms with van der Waals surface area (Å²) in [7, 11) is 0. The quantitative estimate of drug-likeness (QED) is 0.672. The second-order valence-electron chi connectivity index (χ2n) is 6.67. The Balaban J connectivity index is 1.75. The van der Waals surface area contributed by atoms with E-state index in [2.05, 4.69) is 43.4 Å². The normalized spacial score (nSPS) is 11.9. The highest BCUT2D eigenvalue weighted by Crippen LogP contribution is 2.11. The average Bonchev–Trinajstić information content (AvgIpc) is 2.61. The number of benzene rings is 2. The molecule has 0 heterocycles. The molecule has 0 radical (unpaired) electrons. The summed E-state index contributed by atoms with van der Waals surface area (Å²) < 4.78 is 5.78. The maximum Gasteiger partial charge on any atom is 0.220 e. The number of ether oxygens (including phenoxy) is 1. The molecule has 3 nitrogen and oxygen atoms in total. The number of rotatable bonds is 10. The molecule has 25 heavy (non-hydrogen) atoms. The van der Waals surface area contributed by atoms with Gasteiger partial charge in [0.15, 0.2) is 0 Å². The van der Waals surface area contributed by atoms with E-state index >= 15 is 0 Å². The lowest BCUT2D eigenvalue weighted by molar-refractivity contribution is -0.122. The highest BCUT2D eigenvalue weighted by Gasteiger charge is 2.08. The van der Waals surface area contributed by atoms with Gasteiger partial charge >= 0.3 is 0 Å². The van der Waals surface area contributed by atoms with E-state index < -0.39 is 0 Å². The fourth-order valence-electron chi connectivity index (χ4n) is 2.87. The smallest absolute Gasteiger partial charge is 0.220 e. The van der Waals surface area contributed by atoms with Crippen LogP contribution in [0.2, 0.25) is 0 Å². The largest absolute Gasteiger partial charge is 0.372 e. The number of carbonyl (C=O) groups excluding carboxylic acids is 1. The predicted molar refractivity (Wildman–Crippen MR) is 102 cm³/mol. The van der Waals surface area contributed by atoms with E-state index in [9.17, 15) is 4.79 Å². The van der Waals surface area contributed by atoms with E-state index in [4.69, 9.17) is 4.74 Å². The van der Waals surface area contributed by atoms with Crippen LogP contribution in [-0.4, -0.2) is 5.91 Å². The third-order valence-electron chi connectivity index (χ3n) is 4.18. The minimum absolute atomic E-state index is 0.131. The Morgan fingerprint density at radius 3 is 2.44 bits per heavy atom. The highest BCUT2D eigenvalue weighted by molar-refractivity contribution is 5.76. The summed E-state index contributed by atoms with van der Waals surface area (Å²) in [5.74, 6) is 0.578. The van der Waals surface area contributed by atoms with Crippen LogP contribution in [0.1, 0.15) is 49.8 Å². The fraction of sp³-hybridized carbons (Fsp3) is 0.409. The van der Waals surface area contributed by atoms with Crippen molar-refractivity contribution in [3.8, 4) is 0 Å². The summed E-state index contributed by atoms with van der Waals surface area (Å²) in [6.45, 7) is 6.04. The van der Waals surface area contributed by atoms with Gasteiger partial charge in [-0.05, 0) is 22.6 Å². The van der Waals surface area contributed by atoms with Crippen LogP contribution in [0.5, 0.6) is 0 Å². The Morgan fingerprint density at radius 2 is 1.68 bits per heavy atom. The minimum atomic E-state index is 0.131. The summed E-state index contributed by atoms with van der Waals surface area (Å²) in [6, 6.07) is 18.4. The third-order valence-corrected chi connectivity index (χ3v) is 4.18. The van der Waals surface area contributed by atoms with E-state index in [1.807, 2.05) is 30.3 Å². The van der Waals surface area contributed by atoms with Crippen molar-refractivity contribution >= 4 is 5.91 Å². The Morgan fingerprint density at radius 1 is 1.00 bits per heavy atom. The zero-order valence-electron chi connectivity index (χ0n) is 15.3. The number of hydrogen-bond donors (Lipinski definition) is 1. The maximum atomic E-state index is 12.0. The number of nitrogens with one attached hydrogen (secondary N) is 1. The molecule has 0 aliphatic rings. The van der Waals surface area contributed by atoms with Crippen molar-refractivity contribution in [2.24, 2.45) is 5.92 Å². The summed E-state index contributed by atoms with van der Waals surface area (Å²) in [5.41, 5.74) is 3.41. The molecule has 0 saturated heterocycles. The molecule has 1 N–H and O–H groups in total. The Hall–Kier alpha value is -2.13. The second kappa shape index (κ2) is 10.7. The maximum absolute atomic E-state index is 12.0. The van der Waals surface area contributed by atoms with E-state index in [-0.39, 0.29) is 5.91 Å². The predicted octanol–water partition coefficient (Wildman–Crippen LogP) is 4.85. The SMILES string of the molecule is CCCC(C)CC(=O)NCc1cccc(COCc2ccccc2)c1. The molecule has 2 rings (SSSR count). The first-order valence-corrected chi connectivity index (χ1v) is 9.13. The van der Waals surface area contributed by atoms with Crippen molar-refractivity contribution in [3.05, 3.63) is 71.3 Å². The summed E-state index contributed by atoms with van der Waals surface area (Å²) in [5, 5.41) is 3.02. The number of amides is 1. The average molecular weight is 339 g/mol. The lowest BCUT2D eigenvalue weighted by Gasteiger charge is -2.11. The first-order chi connectivity index (χ1) is 12.2. The van der Waals surface area contributed by atoms with Gasteiger partial charge in [-0.3, -0.25) is 4.79 Å². The minimum Gasteiger partial charge on any atom is -0.372 e. The summed E-state index contributed by atoms with van der Waals surface area (Å²) in [6.07, 6.45) is 2.83.